The van der Waals surface area contributed by atoms with E-state index in [1.54, 1.807) is 0 Å². The second-order valence-electron chi connectivity index (χ2n) is 11.6. The van der Waals surface area contributed by atoms with Gasteiger partial charge in [0.2, 0.25) is 0 Å². The molecule has 8 aromatic rings. The van der Waals surface area contributed by atoms with Gasteiger partial charge < -0.3 is 9.47 Å². The minimum absolute atomic E-state index is 0.0204. The zero-order valence-electron chi connectivity index (χ0n) is 23.2. The molecule has 0 atom stereocenters. The van der Waals surface area contributed by atoms with Gasteiger partial charge in [0.25, 0.3) is 6.71 Å². The number of rotatable bonds is 1. The number of fused-ring (bicyclic) bond motifs is 10. The number of benzene rings is 8. The summed E-state index contributed by atoms with van der Waals surface area (Å²) in [6, 6.07) is 49.9. The van der Waals surface area contributed by atoms with E-state index in [0.717, 1.165) is 34.0 Å². The van der Waals surface area contributed by atoms with Crippen LogP contribution in [0.3, 0.4) is 0 Å². The standard InChI is InChI=1S/C40H23BO2/c1-7-15-31-24(9-1)17-19-33-38(31)41-39-32-16-8-2-10-25(32)18-20-34(39)43-36-23-28(22-35(42-33)40(36)41)37-29-13-5-3-11-26(29)21-27-12-4-6-14-30(27)37/h1-23H. The van der Waals surface area contributed by atoms with E-state index in [1.807, 2.05) is 0 Å². The van der Waals surface area contributed by atoms with Crippen molar-refractivity contribution in [2.75, 3.05) is 0 Å². The summed E-state index contributed by atoms with van der Waals surface area (Å²) in [5, 5.41) is 9.72. The molecule has 0 saturated carbocycles. The molecule has 0 amide bonds. The molecule has 0 bridgehead atoms. The molecule has 0 saturated heterocycles. The first kappa shape index (κ1) is 23.1. The van der Waals surface area contributed by atoms with Gasteiger partial charge in [-0.3, -0.25) is 0 Å². The summed E-state index contributed by atoms with van der Waals surface area (Å²) in [7, 11) is 0. The molecule has 8 aromatic carbocycles. The van der Waals surface area contributed by atoms with Crippen LogP contribution in [0.1, 0.15) is 0 Å². The molecule has 10 rings (SSSR count). The Balaban J connectivity index is 1.32. The highest BCUT2D eigenvalue weighted by Gasteiger charge is 2.42. The average Bonchev–Trinajstić information content (AvgIpc) is 3.06. The Morgan fingerprint density at radius 1 is 0.349 bits per heavy atom. The summed E-state index contributed by atoms with van der Waals surface area (Å²) >= 11 is 0. The Hall–Kier alpha value is -5.54. The van der Waals surface area contributed by atoms with Gasteiger partial charge in [-0.1, -0.05) is 109 Å². The minimum Gasteiger partial charge on any atom is -0.458 e. The van der Waals surface area contributed by atoms with Crippen LogP contribution >= 0.6 is 0 Å². The molecule has 0 N–H and O–H groups in total. The maximum atomic E-state index is 6.87. The zero-order valence-corrected chi connectivity index (χ0v) is 23.2. The van der Waals surface area contributed by atoms with Crippen LogP contribution in [-0.2, 0) is 0 Å². The maximum Gasteiger partial charge on any atom is 0.262 e. The van der Waals surface area contributed by atoms with E-state index >= 15 is 0 Å². The third-order valence-electron chi connectivity index (χ3n) is 9.33. The molecule has 0 fully saturated rings. The Morgan fingerprint density at radius 2 is 0.791 bits per heavy atom. The van der Waals surface area contributed by atoms with Crippen molar-refractivity contribution < 1.29 is 9.47 Å². The van der Waals surface area contributed by atoms with E-state index in [-0.39, 0.29) is 6.71 Å². The van der Waals surface area contributed by atoms with Crippen molar-refractivity contribution in [3.63, 3.8) is 0 Å². The molecule has 198 valence electrons. The molecular weight excluding hydrogens is 523 g/mol. The largest absolute Gasteiger partial charge is 0.458 e. The van der Waals surface area contributed by atoms with Gasteiger partial charge in [0.05, 0.1) is 0 Å². The second-order valence-corrected chi connectivity index (χ2v) is 11.6. The third-order valence-corrected chi connectivity index (χ3v) is 9.33. The molecule has 3 heteroatoms. The molecule has 43 heavy (non-hydrogen) atoms. The normalized spacial score (nSPS) is 13.0. The van der Waals surface area contributed by atoms with Crippen molar-refractivity contribution in [3.05, 3.63) is 140 Å². The highest BCUT2D eigenvalue weighted by atomic mass is 16.5. The monoisotopic (exact) mass is 546 g/mol. The summed E-state index contributed by atoms with van der Waals surface area (Å²) in [4.78, 5) is 0. The van der Waals surface area contributed by atoms with E-state index in [1.165, 1.54) is 59.6 Å². The summed E-state index contributed by atoms with van der Waals surface area (Å²) < 4.78 is 13.7. The van der Waals surface area contributed by atoms with Gasteiger partial charge in [0.1, 0.15) is 23.0 Å². The van der Waals surface area contributed by atoms with E-state index < -0.39 is 0 Å². The predicted octanol–water partition coefficient (Wildman–Crippen LogP) is 8.69. The molecular formula is C40H23BO2. The van der Waals surface area contributed by atoms with Crippen molar-refractivity contribution in [1.82, 2.24) is 0 Å². The number of hydrogen-bond donors (Lipinski definition) is 0. The van der Waals surface area contributed by atoms with E-state index in [2.05, 4.69) is 140 Å². The number of ether oxygens (including phenoxy) is 2. The molecule has 0 unspecified atom stereocenters. The molecule has 2 aliphatic rings. The lowest BCUT2D eigenvalue weighted by Gasteiger charge is -2.35. The lowest BCUT2D eigenvalue weighted by molar-refractivity contribution is 0.465. The zero-order chi connectivity index (χ0) is 28.1. The van der Waals surface area contributed by atoms with Crippen LogP contribution in [0.15, 0.2) is 140 Å². The Bertz CT molecular complexity index is 2310. The minimum atomic E-state index is -0.0204. The fourth-order valence-electron chi connectivity index (χ4n) is 7.52. The molecule has 0 aliphatic carbocycles. The number of hydrogen-bond acceptors (Lipinski definition) is 2. The highest BCUT2D eigenvalue weighted by molar-refractivity contribution is 7.00. The van der Waals surface area contributed by atoms with E-state index in [0.29, 0.717) is 0 Å². The first-order chi connectivity index (χ1) is 21.3. The SMILES string of the molecule is c1ccc2c3c(ccc2c1)Oc1cc(-c2c4ccccc4cc4ccccc24)cc2c1B3c1c(ccc3ccccc13)O2. The van der Waals surface area contributed by atoms with Crippen LogP contribution in [0.25, 0.3) is 54.2 Å². The Labute approximate surface area is 248 Å². The highest BCUT2D eigenvalue weighted by Crippen LogP contribution is 2.43. The van der Waals surface area contributed by atoms with Crippen molar-refractivity contribution in [1.29, 1.82) is 0 Å². The van der Waals surface area contributed by atoms with Crippen molar-refractivity contribution >= 4 is 66.2 Å². The van der Waals surface area contributed by atoms with Gasteiger partial charge in [-0.15, -0.1) is 0 Å². The van der Waals surface area contributed by atoms with Gasteiger partial charge in [0.15, 0.2) is 0 Å². The van der Waals surface area contributed by atoms with Crippen LogP contribution in [0.4, 0.5) is 0 Å². The van der Waals surface area contributed by atoms with Crippen LogP contribution < -0.4 is 25.9 Å². The lowest BCUT2D eigenvalue weighted by atomic mass is 9.33. The topological polar surface area (TPSA) is 18.5 Å². The average molecular weight is 546 g/mol. The molecule has 2 aliphatic heterocycles. The first-order valence-electron chi connectivity index (χ1n) is 14.8. The first-order valence-corrected chi connectivity index (χ1v) is 14.8. The van der Waals surface area contributed by atoms with Gasteiger partial charge in [-0.05, 0) is 95.5 Å². The summed E-state index contributed by atoms with van der Waals surface area (Å²) in [6.45, 7) is -0.0204. The van der Waals surface area contributed by atoms with Crippen molar-refractivity contribution in [3.8, 4) is 34.1 Å². The molecule has 2 heterocycles. The lowest BCUT2D eigenvalue weighted by Crippen LogP contribution is -2.57. The molecule has 0 radical (unpaired) electrons. The summed E-state index contributed by atoms with van der Waals surface area (Å²) in [6.07, 6.45) is 0. The smallest absolute Gasteiger partial charge is 0.262 e. The van der Waals surface area contributed by atoms with Crippen LogP contribution in [0, 0.1) is 0 Å². The maximum absolute atomic E-state index is 6.87. The van der Waals surface area contributed by atoms with E-state index in [4.69, 9.17) is 9.47 Å². The van der Waals surface area contributed by atoms with Crippen LogP contribution in [-0.4, -0.2) is 6.71 Å². The van der Waals surface area contributed by atoms with Crippen LogP contribution in [0.5, 0.6) is 23.0 Å². The predicted molar refractivity (Wildman–Crippen MR) is 180 cm³/mol. The van der Waals surface area contributed by atoms with Gasteiger partial charge in [0, 0.05) is 5.46 Å². The quantitative estimate of drug-likeness (QED) is 0.152. The van der Waals surface area contributed by atoms with Crippen LogP contribution in [0.2, 0.25) is 0 Å². The molecule has 0 spiro atoms. The Kier molecular flexibility index (Phi) is 4.56. The molecule has 0 aromatic heterocycles. The molecule has 2 nitrogen and oxygen atoms in total. The second kappa shape index (κ2) is 8.50. The fourth-order valence-corrected chi connectivity index (χ4v) is 7.52. The summed E-state index contributed by atoms with van der Waals surface area (Å²) in [5.41, 5.74) is 5.80. The van der Waals surface area contributed by atoms with Gasteiger partial charge in [-0.2, -0.15) is 0 Å². The van der Waals surface area contributed by atoms with Crippen molar-refractivity contribution in [2.45, 2.75) is 0 Å². The fraction of sp³-hybridized carbons (Fsp3) is 0. The Morgan fingerprint density at radius 3 is 1.30 bits per heavy atom. The van der Waals surface area contributed by atoms with Gasteiger partial charge in [-0.25, -0.2) is 0 Å². The van der Waals surface area contributed by atoms with Gasteiger partial charge >= 0.3 is 0 Å². The van der Waals surface area contributed by atoms with Crippen molar-refractivity contribution in [2.24, 2.45) is 0 Å². The van der Waals surface area contributed by atoms with E-state index in [9.17, 15) is 0 Å². The third kappa shape index (κ3) is 3.19. The summed E-state index contributed by atoms with van der Waals surface area (Å²) in [5.74, 6) is 3.53.